The fourth-order valence-electron chi connectivity index (χ4n) is 3.75. The van der Waals surface area contributed by atoms with E-state index in [1.807, 2.05) is 30.3 Å². The summed E-state index contributed by atoms with van der Waals surface area (Å²) in [5.74, 6) is 3.18. The number of aromatic amines is 1. The zero-order valence-corrected chi connectivity index (χ0v) is 19.2. The number of benzene rings is 1. The lowest BCUT2D eigenvalue weighted by atomic mass is 10.1. The molecule has 1 aliphatic carbocycles. The molecule has 0 bridgehead atoms. The highest BCUT2D eigenvalue weighted by molar-refractivity contribution is 6.29. The summed E-state index contributed by atoms with van der Waals surface area (Å²) >= 11 is 5.92. The minimum atomic E-state index is 0.237. The molecule has 33 heavy (non-hydrogen) atoms. The lowest BCUT2D eigenvalue weighted by Crippen LogP contribution is -2.44. The van der Waals surface area contributed by atoms with Crippen LogP contribution in [-0.2, 0) is 11.2 Å². The Balaban J connectivity index is 1.35. The first-order valence-corrected chi connectivity index (χ1v) is 11.5. The molecule has 0 unspecified atom stereocenters. The number of ketones is 1. The van der Waals surface area contributed by atoms with Crippen molar-refractivity contribution in [2.45, 2.75) is 19.3 Å². The van der Waals surface area contributed by atoms with Gasteiger partial charge >= 0.3 is 6.01 Å². The molecule has 0 radical (unpaired) electrons. The van der Waals surface area contributed by atoms with Crippen LogP contribution in [0.3, 0.4) is 0 Å². The molecule has 10 heteroatoms. The smallest absolute Gasteiger partial charge is 0.325 e. The van der Waals surface area contributed by atoms with E-state index in [1.54, 1.807) is 6.07 Å². The minimum Gasteiger partial charge on any atom is -0.424 e. The molecule has 3 heterocycles. The molecule has 2 N–H and O–H groups in total. The van der Waals surface area contributed by atoms with Crippen LogP contribution in [0, 0.1) is 5.92 Å². The normalized spacial score (nSPS) is 16.6. The van der Waals surface area contributed by atoms with Crippen molar-refractivity contribution < 1.29 is 9.53 Å². The van der Waals surface area contributed by atoms with E-state index in [0.717, 1.165) is 50.4 Å². The third-order valence-corrected chi connectivity index (χ3v) is 6.07. The monoisotopic (exact) mass is 467 g/mol. The number of rotatable bonds is 8. The average Bonchev–Trinajstić information content (AvgIpc) is 3.58. The average molecular weight is 468 g/mol. The van der Waals surface area contributed by atoms with Crippen molar-refractivity contribution in [1.82, 2.24) is 25.1 Å². The molecule has 2 aromatic heterocycles. The van der Waals surface area contributed by atoms with E-state index in [0.29, 0.717) is 34.7 Å². The van der Waals surface area contributed by atoms with Crippen molar-refractivity contribution in [3.8, 4) is 11.8 Å². The molecule has 1 saturated carbocycles. The number of likely N-dealkylation sites (N-methyl/N-ethyl adjacent to an activating group) is 1. The van der Waals surface area contributed by atoms with E-state index in [-0.39, 0.29) is 11.9 Å². The Hall–Kier alpha value is -3.17. The van der Waals surface area contributed by atoms with Crippen LogP contribution < -0.4 is 15.0 Å². The molecule has 0 amide bonds. The van der Waals surface area contributed by atoms with Crippen molar-refractivity contribution in [3.63, 3.8) is 0 Å². The number of H-pyrrole nitrogens is 1. The van der Waals surface area contributed by atoms with Gasteiger partial charge in [-0.3, -0.25) is 9.89 Å². The summed E-state index contributed by atoms with van der Waals surface area (Å²) in [7, 11) is 2.11. The van der Waals surface area contributed by atoms with Crippen LogP contribution >= 0.6 is 11.6 Å². The van der Waals surface area contributed by atoms with E-state index in [4.69, 9.17) is 16.3 Å². The van der Waals surface area contributed by atoms with Crippen LogP contribution in [0.4, 0.5) is 17.5 Å². The van der Waals surface area contributed by atoms with Crippen LogP contribution in [0.2, 0.25) is 5.15 Å². The van der Waals surface area contributed by atoms with Gasteiger partial charge in [0.05, 0.1) is 0 Å². The zero-order valence-electron chi connectivity index (χ0n) is 18.4. The van der Waals surface area contributed by atoms with E-state index in [9.17, 15) is 4.79 Å². The van der Waals surface area contributed by atoms with Gasteiger partial charge < -0.3 is 19.9 Å². The van der Waals surface area contributed by atoms with Crippen molar-refractivity contribution >= 4 is 34.8 Å². The summed E-state index contributed by atoms with van der Waals surface area (Å²) in [5.41, 5.74) is 0.991. The first-order chi connectivity index (χ1) is 16.0. The Bertz CT molecular complexity index is 1120. The lowest BCUT2D eigenvalue weighted by Gasteiger charge is -2.33. The van der Waals surface area contributed by atoms with Gasteiger partial charge in [-0.05, 0) is 37.6 Å². The Morgan fingerprint density at radius 2 is 1.91 bits per heavy atom. The number of ether oxygens (including phenoxy) is 1. The quantitative estimate of drug-likeness (QED) is 0.517. The number of carbonyl (C=O) groups excluding carboxylic acids is 1. The molecule has 2 fully saturated rings. The summed E-state index contributed by atoms with van der Waals surface area (Å²) in [6.45, 7) is 3.65. The van der Waals surface area contributed by atoms with Gasteiger partial charge in [0, 0.05) is 50.7 Å². The Morgan fingerprint density at radius 3 is 2.58 bits per heavy atom. The summed E-state index contributed by atoms with van der Waals surface area (Å²) in [5, 5.41) is 10.3. The molecule has 172 valence electrons. The maximum absolute atomic E-state index is 12.1. The van der Waals surface area contributed by atoms with Crippen molar-refractivity contribution in [2.75, 3.05) is 43.4 Å². The van der Waals surface area contributed by atoms with Crippen LogP contribution in [0.1, 0.15) is 18.4 Å². The third-order valence-electron chi connectivity index (χ3n) is 5.87. The third kappa shape index (κ3) is 5.61. The number of aromatic nitrogens is 4. The van der Waals surface area contributed by atoms with Gasteiger partial charge in [-0.1, -0.05) is 23.7 Å². The second kappa shape index (κ2) is 9.36. The zero-order chi connectivity index (χ0) is 22.8. The van der Waals surface area contributed by atoms with Gasteiger partial charge in [-0.25, -0.2) is 0 Å². The molecule has 1 aliphatic heterocycles. The van der Waals surface area contributed by atoms with Crippen LogP contribution in [0.5, 0.6) is 11.8 Å². The van der Waals surface area contributed by atoms with Gasteiger partial charge in [0.25, 0.3) is 0 Å². The number of halogens is 1. The van der Waals surface area contributed by atoms with Crippen LogP contribution in [0.25, 0.3) is 0 Å². The first kappa shape index (κ1) is 21.7. The number of hydrogen-bond acceptors (Lipinski definition) is 8. The van der Waals surface area contributed by atoms with Crippen molar-refractivity contribution in [2.24, 2.45) is 5.92 Å². The minimum absolute atomic E-state index is 0.237. The molecule has 3 aromatic rings. The van der Waals surface area contributed by atoms with Crippen LogP contribution in [0.15, 0.2) is 36.4 Å². The van der Waals surface area contributed by atoms with Gasteiger partial charge in [0.15, 0.2) is 5.15 Å². The fourth-order valence-corrected chi connectivity index (χ4v) is 3.90. The van der Waals surface area contributed by atoms with E-state index < -0.39 is 0 Å². The SMILES string of the molecule is CN1CCN(c2cc(Nc3cc(Cl)n[nH]3)nc(Oc3ccc(CC(=O)C4CC4)cc3)n2)CC1. The fraction of sp³-hybridized carbons (Fsp3) is 0.391. The molecule has 1 aromatic carbocycles. The maximum Gasteiger partial charge on any atom is 0.325 e. The highest BCUT2D eigenvalue weighted by Gasteiger charge is 2.29. The Labute approximate surface area is 197 Å². The van der Waals surface area contributed by atoms with Crippen molar-refractivity contribution in [3.05, 3.63) is 47.1 Å². The molecule has 0 spiro atoms. The first-order valence-electron chi connectivity index (χ1n) is 11.1. The number of anilines is 3. The van der Waals surface area contributed by atoms with E-state index in [2.05, 4.69) is 42.3 Å². The molecule has 9 nitrogen and oxygen atoms in total. The van der Waals surface area contributed by atoms with Gasteiger partial charge in [0.1, 0.15) is 29.0 Å². The standard InChI is InChI=1S/C23H26ClN7O2/c1-30-8-10-31(11-9-30)22-14-20(25-21-13-19(24)28-29-21)26-23(27-22)33-17-6-2-15(3-7-17)12-18(32)16-4-5-16/h2-3,6-7,13-14,16H,4-5,8-12H2,1H3,(H2,25,26,27,28,29). The topological polar surface area (TPSA) is 99.3 Å². The van der Waals surface area contributed by atoms with Gasteiger partial charge in [-0.2, -0.15) is 15.1 Å². The molecule has 5 rings (SSSR count). The number of nitrogens with zero attached hydrogens (tertiary/aromatic N) is 5. The highest BCUT2D eigenvalue weighted by atomic mass is 35.5. The number of piperazine rings is 1. The molecular formula is C23H26ClN7O2. The summed E-state index contributed by atoms with van der Waals surface area (Å²) in [6.07, 6.45) is 2.53. The summed E-state index contributed by atoms with van der Waals surface area (Å²) in [6, 6.07) is 11.4. The second-order valence-corrected chi connectivity index (χ2v) is 8.96. The highest BCUT2D eigenvalue weighted by Crippen LogP contribution is 2.31. The Kier molecular flexibility index (Phi) is 6.15. The predicted molar refractivity (Wildman–Crippen MR) is 127 cm³/mol. The number of hydrogen-bond donors (Lipinski definition) is 2. The Morgan fingerprint density at radius 1 is 1.15 bits per heavy atom. The maximum atomic E-state index is 12.1. The largest absolute Gasteiger partial charge is 0.424 e. The number of Topliss-reactive ketones (excluding diaryl/α,β-unsaturated/α-hetero) is 1. The number of carbonyl (C=O) groups is 1. The van der Waals surface area contributed by atoms with Crippen molar-refractivity contribution in [1.29, 1.82) is 0 Å². The van der Waals surface area contributed by atoms with E-state index >= 15 is 0 Å². The molecule has 2 aliphatic rings. The molecular weight excluding hydrogens is 442 g/mol. The van der Waals surface area contributed by atoms with E-state index in [1.165, 1.54) is 0 Å². The molecule has 0 atom stereocenters. The van der Waals surface area contributed by atoms with Gasteiger partial charge in [-0.15, -0.1) is 0 Å². The lowest BCUT2D eigenvalue weighted by molar-refractivity contribution is -0.119. The number of nitrogens with one attached hydrogen (secondary N) is 2. The van der Waals surface area contributed by atoms with Crippen LogP contribution in [-0.4, -0.2) is 64.1 Å². The summed E-state index contributed by atoms with van der Waals surface area (Å²) in [4.78, 5) is 25.7. The van der Waals surface area contributed by atoms with Gasteiger partial charge in [0.2, 0.25) is 0 Å². The second-order valence-electron chi connectivity index (χ2n) is 8.58. The molecule has 1 saturated heterocycles. The predicted octanol–water partition coefficient (Wildman–Crippen LogP) is 3.66. The summed E-state index contributed by atoms with van der Waals surface area (Å²) < 4.78 is 6.00.